The SMILES string of the molecule is CN(C)CCn1cc(C2=C(c3c[nH]c4ccccc34)C(=O)NC2=O)c2ccc([N+](=O)[O-])cc21. The molecule has 33 heavy (non-hydrogen) atoms. The second-order valence-corrected chi connectivity index (χ2v) is 8.28. The smallest absolute Gasteiger partial charge is 0.271 e. The van der Waals surface area contributed by atoms with Crippen LogP contribution in [-0.2, 0) is 16.1 Å². The second-order valence-electron chi connectivity index (χ2n) is 8.28. The average molecular weight is 443 g/mol. The number of imide groups is 1. The van der Waals surface area contributed by atoms with E-state index in [2.05, 4.69) is 10.3 Å². The van der Waals surface area contributed by atoms with Gasteiger partial charge in [0.1, 0.15) is 0 Å². The highest BCUT2D eigenvalue weighted by molar-refractivity contribution is 6.50. The lowest BCUT2D eigenvalue weighted by Crippen LogP contribution is -2.22. The number of carbonyl (C=O) groups excluding carboxylic acids is 2. The number of hydrogen-bond acceptors (Lipinski definition) is 5. The monoisotopic (exact) mass is 443 g/mol. The Morgan fingerprint density at radius 3 is 2.45 bits per heavy atom. The molecular formula is C24H21N5O4. The zero-order chi connectivity index (χ0) is 23.3. The molecule has 0 saturated carbocycles. The van der Waals surface area contributed by atoms with Crippen LogP contribution < -0.4 is 5.32 Å². The number of nitrogens with zero attached hydrogens (tertiary/aromatic N) is 3. The first kappa shape index (κ1) is 20.7. The fourth-order valence-electron chi connectivity index (χ4n) is 4.33. The number of fused-ring (bicyclic) bond motifs is 2. The fourth-order valence-corrected chi connectivity index (χ4v) is 4.33. The third-order valence-electron chi connectivity index (χ3n) is 5.92. The number of nitro benzene ring substituents is 1. The minimum atomic E-state index is -0.481. The summed E-state index contributed by atoms with van der Waals surface area (Å²) in [4.78, 5) is 42.0. The molecule has 1 aliphatic rings. The number of aromatic amines is 1. The molecule has 166 valence electrons. The third-order valence-corrected chi connectivity index (χ3v) is 5.92. The van der Waals surface area contributed by atoms with E-state index in [4.69, 9.17) is 0 Å². The summed E-state index contributed by atoms with van der Waals surface area (Å²) in [5.74, 6) is -0.943. The van der Waals surface area contributed by atoms with Gasteiger partial charge in [-0.3, -0.25) is 25.0 Å². The predicted molar refractivity (Wildman–Crippen MR) is 125 cm³/mol. The van der Waals surface area contributed by atoms with Crippen molar-refractivity contribution in [1.29, 1.82) is 0 Å². The Balaban J connectivity index is 1.78. The van der Waals surface area contributed by atoms with Gasteiger partial charge in [-0.15, -0.1) is 0 Å². The van der Waals surface area contributed by atoms with Gasteiger partial charge in [0.2, 0.25) is 0 Å². The normalized spacial score (nSPS) is 14.2. The van der Waals surface area contributed by atoms with Crippen molar-refractivity contribution in [3.63, 3.8) is 0 Å². The highest BCUT2D eigenvalue weighted by atomic mass is 16.6. The van der Waals surface area contributed by atoms with Crippen molar-refractivity contribution in [2.45, 2.75) is 6.54 Å². The largest absolute Gasteiger partial charge is 0.361 e. The van der Waals surface area contributed by atoms with Crippen LogP contribution in [0.4, 0.5) is 5.69 Å². The number of benzene rings is 2. The molecule has 1 aliphatic heterocycles. The van der Waals surface area contributed by atoms with Crippen molar-refractivity contribution in [1.82, 2.24) is 19.8 Å². The Bertz CT molecular complexity index is 1490. The predicted octanol–water partition coefficient (Wildman–Crippen LogP) is 3.16. The maximum absolute atomic E-state index is 13.0. The van der Waals surface area contributed by atoms with Crippen molar-refractivity contribution in [2.24, 2.45) is 0 Å². The van der Waals surface area contributed by atoms with E-state index in [0.717, 1.165) is 10.9 Å². The van der Waals surface area contributed by atoms with Gasteiger partial charge in [0, 0.05) is 65.0 Å². The fraction of sp³-hybridized carbons (Fsp3) is 0.167. The first-order valence-electron chi connectivity index (χ1n) is 10.4. The molecule has 3 heterocycles. The van der Waals surface area contributed by atoms with Crippen LogP contribution in [0.15, 0.2) is 54.9 Å². The molecule has 2 aromatic heterocycles. The number of rotatable bonds is 6. The first-order valence-corrected chi connectivity index (χ1v) is 10.4. The van der Waals surface area contributed by atoms with Crippen molar-refractivity contribution in [3.05, 3.63) is 76.1 Å². The van der Waals surface area contributed by atoms with Gasteiger partial charge >= 0.3 is 0 Å². The lowest BCUT2D eigenvalue weighted by Gasteiger charge is -2.11. The number of hydrogen-bond donors (Lipinski definition) is 2. The molecule has 0 fully saturated rings. The zero-order valence-electron chi connectivity index (χ0n) is 18.1. The maximum atomic E-state index is 13.0. The molecule has 0 unspecified atom stereocenters. The van der Waals surface area contributed by atoms with Crippen molar-refractivity contribution >= 4 is 50.5 Å². The number of para-hydroxylation sites is 1. The van der Waals surface area contributed by atoms with E-state index >= 15 is 0 Å². The van der Waals surface area contributed by atoms with Crippen molar-refractivity contribution < 1.29 is 14.5 Å². The van der Waals surface area contributed by atoms with Gasteiger partial charge in [0.05, 0.1) is 21.6 Å². The summed E-state index contributed by atoms with van der Waals surface area (Å²) >= 11 is 0. The number of nitrogens with one attached hydrogen (secondary N) is 2. The molecule has 0 bridgehead atoms. The van der Waals surface area contributed by atoms with Crippen LogP contribution in [-0.4, -0.2) is 51.8 Å². The Kier molecular flexibility index (Phi) is 4.83. The average Bonchev–Trinajstić information content (AvgIpc) is 3.44. The molecule has 4 aromatic rings. The highest BCUT2D eigenvalue weighted by Gasteiger charge is 2.35. The molecular weight excluding hydrogens is 422 g/mol. The topological polar surface area (TPSA) is 113 Å². The van der Waals surface area contributed by atoms with Crippen LogP contribution >= 0.6 is 0 Å². The Labute approximate surface area is 188 Å². The quantitative estimate of drug-likeness (QED) is 0.270. The number of carbonyl (C=O) groups is 2. The minimum absolute atomic E-state index is 0.0314. The summed E-state index contributed by atoms with van der Waals surface area (Å²) in [6, 6.07) is 12.1. The Hall–Kier alpha value is -4.24. The number of aromatic nitrogens is 2. The van der Waals surface area contributed by atoms with Crippen LogP contribution in [0.3, 0.4) is 0 Å². The van der Waals surface area contributed by atoms with Gasteiger partial charge in [-0.1, -0.05) is 18.2 Å². The molecule has 0 aliphatic carbocycles. The van der Waals surface area contributed by atoms with Crippen molar-refractivity contribution in [2.75, 3.05) is 20.6 Å². The van der Waals surface area contributed by atoms with Gasteiger partial charge in [-0.05, 0) is 26.2 Å². The molecule has 2 amide bonds. The van der Waals surface area contributed by atoms with Crippen LogP contribution in [0.5, 0.6) is 0 Å². The molecule has 0 atom stereocenters. The number of likely N-dealkylation sites (N-methyl/N-ethyl adjacent to an activating group) is 1. The second kappa shape index (κ2) is 7.72. The van der Waals surface area contributed by atoms with E-state index in [1.54, 1.807) is 18.5 Å². The molecule has 2 N–H and O–H groups in total. The van der Waals surface area contributed by atoms with E-state index in [0.29, 0.717) is 40.7 Å². The zero-order valence-corrected chi connectivity index (χ0v) is 18.1. The highest BCUT2D eigenvalue weighted by Crippen LogP contribution is 2.39. The maximum Gasteiger partial charge on any atom is 0.271 e. The standard InChI is InChI=1S/C24H21N5O4/c1-27(2)9-10-28-13-18(16-8-7-14(29(32)33)11-20(16)28)22-21(23(30)26-24(22)31)17-12-25-19-6-4-3-5-15(17)19/h3-8,11-13,25H,9-10H2,1-2H3,(H,26,30,31). The molecule has 9 nitrogen and oxygen atoms in total. The Morgan fingerprint density at radius 1 is 1.00 bits per heavy atom. The van der Waals surface area contributed by atoms with Crippen LogP contribution in [0.1, 0.15) is 11.1 Å². The summed E-state index contributed by atoms with van der Waals surface area (Å²) in [5.41, 5.74) is 3.24. The Morgan fingerprint density at radius 2 is 1.73 bits per heavy atom. The van der Waals surface area contributed by atoms with E-state index < -0.39 is 16.7 Å². The van der Waals surface area contributed by atoms with Gasteiger partial charge < -0.3 is 14.5 Å². The van der Waals surface area contributed by atoms with Crippen molar-refractivity contribution in [3.8, 4) is 0 Å². The number of nitro groups is 1. The lowest BCUT2D eigenvalue weighted by molar-refractivity contribution is -0.384. The number of H-pyrrole nitrogens is 1. The van der Waals surface area contributed by atoms with Gasteiger partial charge in [-0.2, -0.15) is 0 Å². The van der Waals surface area contributed by atoms with E-state index in [9.17, 15) is 19.7 Å². The lowest BCUT2D eigenvalue weighted by atomic mass is 9.95. The molecule has 0 radical (unpaired) electrons. The molecule has 5 rings (SSSR count). The summed E-state index contributed by atoms with van der Waals surface area (Å²) < 4.78 is 1.90. The summed E-state index contributed by atoms with van der Waals surface area (Å²) in [6.45, 7) is 1.27. The van der Waals surface area contributed by atoms with Gasteiger partial charge in [0.25, 0.3) is 17.5 Å². The summed E-state index contributed by atoms with van der Waals surface area (Å²) in [7, 11) is 3.88. The van der Waals surface area contributed by atoms with Crippen LogP contribution in [0.2, 0.25) is 0 Å². The first-order chi connectivity index (χ1) is 15.8. The summed E-state index contributed by atoms with van der Waals surface area (Å²) in [6.07, 6.45) is 3.54. The molecule has 0 saturated heterocycles. The van der Waals surface area contributed by atoms with E-state index in [1.165, 1.54) is 12.1 Å². The van der Waals surface area contributed by atoms with Crippen LogP contribution in [0, 0.1) is 10.1 Å². The minimum Gasteiger partial charge on any atom is -0.361 e. The van der Waals surface area contributed by atoms with E-state index in [-0.39, 0.29) is 11.3 Å². The molecule has 0 spiro atoms. The molecule has 2 aromatic carbocycles. The van der Waals surface area contributed by atoms with Crippen LogP contribution in [0.25, 0.3) is 33.0 Å². The summed E-state index contributed by atoms with van der Waals surface area (Å²) in [5, 5.41) is 15.3. The number of non-ortho nitro benzene ring substituents is 1. The number of amides is 2. The third kappa shape index (κ3) is 3.39. The van der Waals surface area contributed by atoms with E-state index in [1.807, 2.05) is 47.8 Å². The van der Waals surface area contributed by atoms with Gasteiger partial charge in [0.15, 0.2) is 0 Å². The molecule has 9 heteroatoms. The van der Waals surface area contributed by atoms with Gasteiger partial charge in [-0.25, -0.2) is 0 Å².